The lowest BCUT2D eigenvalue weighted by atomic mass is 10.1. The number of allylic oxidation sites excluding steroid dienone is 1. The van der Waals surface area contributed by atoms with E-state index >= 15 is 0 Å². The van der Waals surface area contributed by atoms with E-state index in [1.807, 2.05) is 6.92 Å². The monoisotopic (exact) mass is 297 g/mol. The molecule has 0 unspecified atom stereocenters. The number of benzene rings is 2. The molecule has 2 rings (SSSR count). The lowest BCUT2D eigenvalue weighted by Crippen LogP contribution is -1.95. The number of phenolic OH excluding ortho intramolecular Hbond substituents is 1. The summed E-state index contributed by atoms with van der Waals surface area (Å²) in [5.41, 5.74) is 1.64. The van der Waals surface area contributed by atoms with E-state index in [0.717, 1.165) is 0 Å². The van der Waals surface area contributed by atoms with Gasteiger partial charge in [0.2, 0.25) is 0 Å². The van der Waals surface area contributed by atoms with Crippen LogP contribution in [0.2, 0.25) is 0 Å². The molecule has 0 bridgehead atoms. The van der Waals surface area contributed by atoms with Crippen LogP contribution < -0.4 is 0 Å². The SMILES string of the molecule is CCc1ccc(/C=C/C(=O)c2cccc(O)c2)cc1[N+](=O)[O-]. The van der Waals surface area contributed by atoms with Gasteiger partial charge in [-0.1, -0.05) is 37.3 Å². The first-order valence-electron chi connectivity index (χ1n) is 6.80. The van der Waals surface area contributed by atoms with E-state index in [-0.39, 0.29) is 17.2 Å². The Morgan fingerprint density at radius 1 is 1.27 bits per heavy atom. The first-order chi connectivity index (χ1) is 10.5. The fourth-order valence-electron chi connectivity index (χ4n) is 2.08. The van der Waals surface area contributed by atoms with Crippen LogP contribution in [0.4, 0.5) is 5.69 Å². The van der Waals surface area contributed by atoms with Crippen molar-refractivity contribution in [2.75, 3.05) is 0 Å². The third-order valence-corrected chi connectivity index (χ3v) is 3.24. The summed E-state index contributed by atoms with van der Waals surface area (Å²) in [6.45, 7) is 1.85. The van der Waals surface area contributed by atoms with Crippen LogP contribution in [0.1, 0.15) is 28.4 Å². The molecule has 0 saturated carbocycles. The average Bonchev–Trinajstić information content (AvgIpc) is 2.52. The molecule has 0 aliphatic rings. The van der Waals surface area contributed by atoms with Gasteiger partial charge in [-0.05, 0) is 30.2 Å². The largest absolute Gasteiger partial charge is 0.508 e. The Kier molecular flexibility index (Phi) is 4.68. The van der Waals surface area contributed by atoms with Crippen LogP contribution in [-0.2, 0) is 6.42 Å². The van der Waals surface area contributed by atoms with Crippen LogP contribution in [0.25, 0.3) is 6.08 Å². The Morgan fingerprint density at radius 2 is 2.05 bits per heavy atom. The molecular weight excluding hydrogens is 282 g/mol. The summed E-state index contributed by atoms with van der Waals surface area (Å²) in [6.07, 6.45) is 3.43. The number of aromatic hydroxyl groups is 1. The molecule has 2 aromatic carbocycles. The Labute approximate surface area is 127 Å². The highest BCUT2D eigenvalue weighted by molar-refractivity contribution is 6.07. The van der Waals surface area contributed by atoms with Gasteiger partial charge in [0, 0.05) is 17.2 Å². The highest BCUT2D eigenvalue weighted by atomic mass is 16.6. The summed E-state index contributed by atoms with van der Waals surface area (Å²) in [5, 5.41) is 20.4. The smallest absolute Gasteiger partial charge is 0.273 e. The molecule has 1 N–H and O–H groups in total. The van der Waals surface area contributed by atoms with E-state index in [4.69, 9.17) is 0 Å². The number of nitro groups is 1. The summed E-state index contributed by atoms with van der Waals surface area (Å²) in [4.78, 5) is 22.6. The molecule has 112 valence electrons. The molecule has 0 atom stereocenters. The average molecular weight is 297 g/mol. The minimum atomic E-state index is -0.423. The topological polar surface area (TPSA) is 80.4 Å². The van der Waals surface area contributed by atoms with E-state index in [0.29, 0.717) is 23.1 Å². The summed E-state index contributed by atoms with van der Waals surface area (Å²) < 4.78 is 0. The van der Waals surface area contributed by atoms with Crippen molar-refractivity contribution in [1.82, 2.24) is 0 Å². The molecule has 0 radical (unpaired) electrons. The van der Waals surface area contributed by atoms with E-state index in [9.17, 15) is 20.0 Å². The zero-order chi connectivity index (χ0) is 16.1. The predicted molar refractivity (Wildman–Crippen MR) is 83.9 cm³/mol. The van der Waals surface area contributed by atoms with Crippen molar-refractivity contribution in [2.45, 2.75) is 13.3 Å². The van der Waals surface area contributed by atoms with Crippen molar-refractivity contribution in [3.8, 4) is 5.75 Å². The first-order valence-corrected chi connectivity index (χ1v) is 6.80. The zero-order valence-corrected chi connectivity index (χ0v) is 12.0. The normalized spacial score (nSPS) is 10.8. The molecule has 5 nitrogen and oxygen atoms in total. The lowest BCUT2D eigenvalue weighted by molar-refractivity contribution is -0.385. The van der Waals surface area contributed by atoms with Gasteiger partial charge in [-0.3, -0.25) is 14.9 Å². The maximum absolute atomic E-state index is 12.0. The molecule has 5 heteroatoms. The highest BCUT2D eigenvalue weighted by Gasteiger charge is 2.12. The molecule has 0 heterocycles. The van der Waals surface area contributed by atoms with Crippen molar-refractivity contribution in [3.63, 3.8) is 0 Å². The van der Waals surface area contributed by atoms with Gasteiger partial charge in [0.15, 0.2) is 5.78 Å². The number of nitrogens with zero attached hydrogens (tertiary/aromatic N) is 1. The molecule has 0 spiro atoms. The number of ketones is 1. The quantitative estimate of drug-likeness (QED) is 0.394. The molecule has 0 amide bonds. The van der Waals surface area contributed by atoms with Crippen LogP contribution in [0, 0.1) is 10.1 Å². The van der Waals surface area contributed by atoms with E-state index in [1.54, 1.807) is 24.3 Å². The van der Waals surface area contributed by atoms with Crippen molar-refractivity contribution in [1.29, 1.82) is 0 Å². The molecule has 0 aliphatic heterocycles. The van der Waals surface area contributed by atoms with Crippen molar-refractivity contribution in [3.05, 3.63) is 75.3 Å². The number of carbonyl (C=O) groups is 1. The molecule has 0 aliphatic carbocycles. The summed E-state index contributed by atoms with van der Waals surface area (Å²) >= 11 is 0. The molecule has 22 heavy (non-hydrogen) atoms. The van der Waals surface area contributed by atoms with Gasteiger partial charge in [-0.2, -0.15) is 0 Å². The number of aryl methyl sites for hydroxylation is 1. The highest BCUT2D eigenvalue weighted by Crippen LogP contribution is 2.22. The van der Waals surface area contributed by atoms with Gasteiger partial charge in [0.25, 0.3) is 5.69 Å². The van der Waals surface area contributed by atoms with Crippen molar-refractivity contribution >= 4 is 17.5 Å². The summed E-state index contributed by atoms with van der Waals surface area (Å²) in [6, 6.07) is 10.9. The molecule has 2 aromatic rings. The van der Waals surface area contributed by atoms with Crippen LogP contribution in [0.15, 0.2) is 48.5 Å². The number of hydrogen-bond acceptors (Lipinski definition) is 4. The summed E-state index contributed by atoms with van der Waals surface area (Å²) in [5.74, 6) is -0.264. The fraction of sp³-hybridized carbons (Fsp3) is 0.118. The lowest BCUT2D eigenvalue weighted by Gasteiger charge is -2.01. The van der Waals surface area contributed by atoms with E-state index < -0.39 is 4.92 Å². The second-order valence-electron chi connectivity index (χ2n) is 4.75. The van der Waals surface area contributed by atoms with Gasteiger partial charge in [0.1, 0.15) is 5.75 Å². The van der Waals surface area contributed by atoms with Gasteiger partial charge in [-0.15, -0.1) is 0 Å². The number of hydrogen-bond donors (Lipinski definition) is 1. The number of nitro benzene ring substituents is 1. The fourth-order valence-corrected chi connectivity index (χ4v) is 2.08. The number of rotatable bonds is 5. The second-order valence-corrected chi connectivity index (χ2v) is 4.75. The Bertz CT molecular complexity index is 750. The van der Waals surface area contributed by atoms with Crippen LogP contribution in [0.3, 0.4) is 0 Å². The molecular formula is C17H15NO4. The minimum Gasteiger partial charge on any atom is -0.508 e. The van der Waals surface area contributed by atoms with Crippen LogP contribution in [0.5, 0.6) is 5.75 Å². The number of carbonyl (C=O) groups excluding carboxylic acids is 1. The standard InChI is InChI=1S/C17H15NO4/c1-2-13-8-6-12(10-16(13)18(21)22)7-9-17(20)14-4-3-5-15(19)11-14/h3-11,19H,2H2,1H3/b9-7+. The molecule has 0 saturated heterocycles. The second kappa shape index (κ2) is 6.67. The maximum Gasteiger partial charge on any atom is 0.273 e. The maximum atomic E-state index is 12.0. The molecule has 0 aromatic heterocycles. The third-order valence-electron chi connectivity index (χ3n) is 3.24. The van der Waals surface area contributed by atoms with E-state index in [1.165, 1.54) is 30.4 Å². The van der Waals surface area contributed by atoms with Gasteiger partial charge >= 0.3 is 0 Å². The minimum absolute atomic E-state index is 0.0159. The number of phenols is 1. The predicted octanol–water partition coefficient (Wildman–Crippen LogP) is 3.76. The van der Waals surface area contributed by atoms with Crippen LogP contribution in [-0.4, -0.2) is 15.8 Å². The Morgan fingerprint density at radius 3 is 2.68 bits per heavy atom. The van der Waals surface area contributed by atoms with Crippen molar-refractivity contribution in [2.24, 2.45) is 0 Å². The summed E-state index contributed by atoms with van der Waals surface area (Å²) in [7, 11) is 0. The van der Waals surface area contributed by atoms with Crippen LogP contribution >= 0.6 is 0 Å². The van der Waals surface area contributed by atoms with Crippen molar-refractivity contribution < 1.29 is 14.8 Å². The van der Waals surface area contributed by atoms with E-state index in [2.05, 4.69) is 0 Å². The van der Waals surface area contributed by atoms with Gasteiger partial charge < -0.3 is 5.11 Å². The Balaban J connectivity index is 2.25. The van der Waals surface area contributed by atoms with Gasteiger partial charge in [0.05, 0.1) is 4.92 Å². The molecule has 0 fully saturated rings. The Hall–Kier alpha value is -2.95. The first kappa shape index (κ1) is 15.4. The third kappa shape index (κ3) is 3.58. The zero-order valence-electron chi connectivity index (χ0n) is 12.0. The van der Waals surface area contributed by atoms with Gasteiger partial charge in [-0.25, -0.2) is 0 Å².